The highest BCUT2D eigenvalue weighted by Crippen LogP contribution is 2.31. The third-order valence-electron chi connectivity index (χ3n) is 4.30. The smallest absolute Gasteiger partial charge is 0.309 e. The molecule has 4 heteroatoms. The first-order valence-corrected chi connectivity index (χ1v) is 7.16. The molecule has 0 aliphatic carbocycles. The molecule has 0 atom stereocenters. The number of carboxylic acids is 1. The Hall–Kier alpha value is -1.08. The van der Waals surface area contributed by atoms with E-state index in [9.17, 15) is 4.79 Å². The van der Waals surface area contributed by atoms with E-state index in [1.807, 2.05) is 20.8 Å². The number of hydrogen-bond acceptors (Lipinski definition) is 3. The molecule has 0 bridgehead atoms. The summed E-state index contributed by atoms with van der Waals surface area (Å²) in [6.45, 7) is 8.59. The van der Waals surface area contributed by atoms with Crippen LogP contribution in [0.2, 0.25) is 0 Å². The molecule has 108 valence electrons. The summed E-state index contributed by atoms with van der Waals surface area (Å²) in [6, 6.07) is 2.32. The molecule has 1 aliphatic heterocycles. The summed E-state index contributed by atoms with van der Waals surface area (Å²) in [4.78, 5) is 13.5. The zero-order valence-corrected chi connectivity index (χ0v) is 12.4. The van der Waals surface area contributed by atoms with Crippen molar-refractivity contribution < 1.29 is 9.90 Å². The van der Waals surface area contributed by atoms with Crippen molar-refractivity contribution in [2.24, 2.45) is 10.8 Å². The number of carboxylic acid groups (broad SMARTS) is 1. The Balaban J connectivity index is 2.21. The van der Waals surface area contributed by atoms with Crippen molar-refractivity contribution in [3.63, 3.8) is 0 Å². The van der Waals surface area contributed by atoms with Crippen molar-refractivity contribution in [3.05, 3.63) is 0 Å². The van der Waals surface area contributed by atoms with Crippen molar-refractivity contribution in [2.75, 3.05) is 19.6 Å². The van der Waals surface area contributed by atoms with Gasteiger partial charge < -0.3 is 10.0 Å². The zero-order chi connectivity index (χ0) is 14.5. The average Bonchev–Trinajstić information content (AvgIpc) is 2.37. The Kier molecular flexibility index (Phi) is 5.37. The number of aliphatic carboxylic acids is 1. The van der Waals surface area contributed by atoms with E-state index in [1.54, 1.807) is 0 Å². The third-order valence-corrected chi connectivity index (χ3v) is 4.30. The minimum Gasteiger partial charge on any atom is -0.481 e. The summed E-state index contributed by atoms with van der Waals surface area (Å²) in [5, 5.41) is 18.1. The summed E-state index contributed by atoms with van der Waals surface area (Å²) in [5.41, 5.74) is -0.747. The first-order valence-electron chi connectivity index (χ1n) is 7.16. The molecular formula is C15H26N2O2. The second kappa shape index (κ2) is 6.38. The first kappa shape index (κ1) is 16.0. The lowest BCUT2D eigenvalue weighted by Crippen LogP contribution is -2.42. The predicted octanol–water partition coefficient (Wildman–Crippen LogP) is 2.89. The quantitative estimate of drug-likeness (QED) is 0.751. The highest BCUT2D eigenvalue weighted by molar-refractivity contribution is 5.74. The topological polar surface area (TPSA) is 64.3 Å². The zero-order valence-electron chi connectivity index (χ0n) is 12.4. The Morgan fingerprint density at radius 2 is 1.95 bits per heavy atom. The highest BCUT2D eigenvalue weighted by atomic mass is 16.4. The number of likely N-dealkylation sites (tertiary alicyclic amines) is 1. The second-order valence-electron chi connectivity index (χ2n) is 6.66. The fourth-order valence-corrected chi connectivity index (χ4v) is 2.44. The van der Waals surface area contributed by atoms with Gasteiger partial charge in [-0.25, -0.2) is 0 Å². The van der Waals surface area contributed by atoms with E-state index in [-0.39, 0.29) is 5.41 Å². The number of rotatable bonds is 6. The molecular weight excluding hydrogens is 240 g/mol. The van der Waals surface area contributed by atoms with E-state index in [0.29, 0.717) is 0 Å². The SMILES string of the molecule is CC(C)(C#N)CCCCN1CCC(C)(C(=O)O)CC1. The van der Waals surface area contributed by atoms with Gasteiger partial charge in [-0.1, -0.05) is 6.42 Å². The van der Waals surface area contributed by atoms with Crippen LogP contribution in [0.4, 0.5) is 0 Å². The Labute approximate surface area is 116 Å². The van der Waals surface area contributed by atoms with Crippen LogP contribution in [0.3, 0.4) is 0 Å². The van der Waals surface area contributed by atoms with Gasteiger partial charge >= 0.3 is 5.97 Å². The molecule has 0 aromatic carbocycles. The van der Waals surface area contributed by atoms with Gasteiger partial charge in [0.25, 0.3) is 0 Å². The van der Waals surface area contributed by atoms with Crippen molar-refractivity contribution in [1.29, 1.82) is 5.26 Å². The van der Waals surface area contributed by atoms with E-state index in [1.165, 1.54) is 0 Å². The summed E-state index contributed by atoms with van der Waals surface area (Å²) in [7, 11) is 0. The van der Waals surface area contributed by atoms with Crippen molar-refractivity contribution in [3.8, 4) is 6.07 Å². The number of piperidine rings is 1. The minimum absolute atomic E-state index is 0.218. The van der Waals surface area contributed by atoms with E-state index >= 15 is 0 Å². The first-order chi connectivity index (χ1) is 8.79. The number of nitriles is 1. The summed E-state index contributed by atoms with van der Waals surface area (Å²) >= 11 is 0. The van der Waals surface area contributed by atoms with Gasteiger partial charge in [-0.3, -0.25) is 4.79 Å². The maximum Gasteiger partial charge on any atom is 0.309 e. The van der Waals surface area contributed by atoms with Crippen molar-refractivity contribution in [2.45, 2.75) is 52.9 Å². The molecule has 1 heterocycles. The van der Waals surface area contributed by atoms with Crippen LogP contribution in [0.1, 0.15) is 52.9 Å². The number of unbranched alkanes of at least 4 members (excludes halogenated alkanes) is 1. The van der Waals surface area contributed by atoms with Gasteiger partial charge in [0.1, 0.15) is 0 Å². The van der Waals surface area contributed by atoms with Gasteiger partial charge in [0, 0.05) is 0 Å². The predicted molar refractivity (Wildman–Crippen MR) is 74.7 cm³/mol. The fraction of sp³-hybridized carbons (Fsp3) is 0.867. The Morgan fingerprint density at radius 1 is 1.37 bits per heavy atom. The molecule has 1 N–H and O–H groups in total. The lowest BCUT2D eigenvalue weighted by atomic mass is 9.80. The summed E-state index contributed by atoms with van der Waals surface area (Å²) < 4.78 is 0. The molecule has 0 aromatic rings. The van der Waals surface area contributed by atoms with Gasteiger partial charge in [-0.15, -0.1) is 0 Å². The number of hydrogen-bond donors (Lipinski definition) is 1. The molecule has 0 aromatic heterocycles. The van der Waals surface area contributed by atoms with Crippen LogP contribution in [0.25, 0.3) is 0 Å². The van der Waals surface area contributed by atoms with Crippen LogP contribution in [0.15, 0.2) is 0 Å². The molecule has 1 saturated heterocycles. The minimum atomic E-state index is -0.664. The molecule has 0 radical (unpaired) electrons. The van der Waals surface area contributed by atoms with Gasteiger partial charge in [0.15, 0.2) is 0 Å². The van der Waals surface area contributed by atoms with Crippen LogP contribution < -0.4 is 0 Å². The molecule has 0 saturated carbocycles. The standard InChI is InChI=1S/C15H26N2O2/c1-14(2,12-16)6-4-5-9-17-10-7-15(3,8-11-17)13(18)19/h4-11H2,1-3H3,(H,18,19). The molecule has 1 aliphatic rings. The van der Waals surface area contributed by atoms with Crippen LogP contribution in [-0.4, -0.2) is 35.6 Å². The Morgan fingerprint density at radius 3 is 2.42 bits per heavy atom. The average molecular weight is 266 g/mol. The maximum atomic E-state index is 11.1. The van der Waals surface area contributed by atoms with Gasteiger partial charge in [0.05, 0.1) is 16.9 Å². The lowest BCUT2D eigenvalue weighted by Gasteiger charge is -2.36. The van der Waals surface area contributed by atoms with Crippen LogP contribution in [0, 0.1) is 22.2 Å². The van der Waals surface area contributed by atoms with Crippen molar-refractivity contribution >= 4 is 5.97 Å². The van der Waals surface area contributed by atoms with Crippen LogP contribution >= 0.6 is 0 Å². The fourth-order valence-electron chi connectivity index (χ4n) is 2.44. The van der Waals surface area contributed by atoms with E-state index in [2.05, 4.69) is 11.0 Å². The summed E-state index contributed by atoms with van der Waals surface area (Å²) in [6.07, 6.45) is 4.57. The lowest BCUT2D eigenvalue weighted by molar-refractivity contribution is -0.150. The molecule has 0 amide bonds. The van der Waals surface area contributed by atoms with Gasteiger partial charge in [0.2, 0.25) is 0 Å². The monoisotopic (exact) mass is 266 g/mol. The largest absolute Gasteiger partial charge is 0.481 e. The van der Waals surface area contributed by atoms with Gasteiger partial charge in [-0.2, -0.15) is 5.26 Å². The molecule has 0 unspecified atom stereocenters. The Bertz CT molecular complexity index is 350. The maximum absolute atomic E-state index is 11.1. The molecule has 19 heavy (non-hydrogen) atoms. The second-order valence-corrected chi connectivity index (χ2v) is 6.66. The third kappa shape index (κ3) is 4.83. The molecule has 4 nitrogen and oxygen atoms in total. The van der Waals surface area contributed by atoms with Crippen molar-refractivity contribution in [1.82, 2.24) is 4.90 Å². The van der Waals surface area contributed by atoms with E-state index in [0.717, 1.165) is 51.7 Å². The number of nitrogens with zero attached hydrogens (tertiary/aromatic N) is 2. The van der Waals surface area contributed by atoms with Crippen LogP contribution in [-0.2, 0) is 4.79 Å². The highest BCUT2D eigenvalue weighted by Gasteiger charge is 2.36. The summed E-state index contributed by atoms with van der Waals surface area (Å²) in [5.74, 6) is -0.664. The molecule has 0 spiro atoms. The molecule has 1 rings (SSSR count). The molecule has 1 fully saturated rings. The van der Waals surface area contributed by atoms with Crippen LogP contribution in [0.5, 0.6) is 0 Å². The van der Waals surface area contributed by atoms with E-state index < -0.39 is 11.4 Å². The number of carbonyl (C=O) groups is 1. The van der Waals surface area contributed by atoms with Gasteiger partial charge in [-0.05, 0) is 66.1 Å². The normalized spacial score (nSPS) is 19.9. The van der Waals surface area contributed by atoms with E-state index in [4.69, 9.17) is 10.4 Å².